The fourth-order valence-electron chi connectivity index (χ4n) is 2.52. The summed E-state index contributed by atoms with van der Waals surface area (Å²) in [5.74, 6) is 0.674. The monoisotopic (exact) mass is 387 g/mol. The first-order chi connectivity index (χ1) is 12.9. The summed E-state index contributed by atoms with van der Waals surface area (Å²) in [6, 6.07) is 10.3. The van der Waals surface area contributed by atoms with Crippen LogP contribution in [0.4, 0.5) is 11.5 Å². The Bertz CT molecular complexity index is 980. The number of amides is 1. The average molecular weight is 388 g/mol. The van der Waals surface area contributed by atoms with Crippen LogP contribution in [0.2, 0.25) is 5.02 Å². The minimum absolute atomic E-state index is 0.00355. The third kappa shape index (κ3) is 3.65. The van der Waals surface area contributed by atoms with Gasteiger partial charge < -0.3 is 20.5 Å². The number of methoxy groups -OCH3 is 2. The lowest BCUT2D eigenvalue weighted by Gasteiger charge is -2.10. The summed E-state index contributed by atoms with van der Waals surface area (Å²) in [4.78, 5) is 12.6. The van der Waals surface area contributed by atoms with Crippen molar-refractivity contribution in [2.45, 2.75) is 6.92 Å². The number of nitrogens with zero attached hydrogens (tertiary/aromatic N) is 3. The van der Waals surface area contributed by atoms with Gasteiger partial charge in [-0.3, -0.25) is 4.79 Å². The van der Waals surface area contributed by atoms with Crippen LogP contribution in [0.1, 0.15) is 16.1 Å². The molecular weight excluding hydrogens is 370 g/mol. The molecule has 0 radical (unpaired) electrons. The standard InChI is InChI=1S/C18H18ClN5O3/c1-10-14(19)5-4-6-15(10)24-17(20)16(22-23-24)18(25)21-11-7-12(26-2)9-13(8-11)27-3/h4-9H,20H2,1-3H3,(H,21,25). The molecule has 0 unspecified atom stereocenters. The van der Waals surface area contributed by atoms with E-state index in [1.807, 2.05) is 6.92 Å². The Labute approximate surface area is 160 Å². The lowest BCUT2D eigenvalue weighted by Crippen LogP contribution is -2.15. The Balaban J connectivity index is 1.91. The predicted octanol–water partition coefficient (Wildman–Crippen LogP) is 3.08. The van der Waals surface area contributed by atoms with E-state index in [4.69, 9.17) is 26.8 Å². The van der Waals surface area contributed by atoms with Gasteiger partial charge in [-0.2, -0.15) is 4.68 Å². The zero-order valence-electron chi connectivity index (χ0n) is 15.0. The molecule has 0 saturated carbocycles. The highest BCUT2D eigenvalue weighted by Crippen LogP contribution is 2.27. The van der Waals surface area contributed by atoms with E-state index in [9.17, 15) is 4.79 Å². The normalized spacial score (nSPS) is 10.5. The summed E-state index contributed by atoms with van der Waals surface area (Å²) in [7, 11) is 3.05. The van der Waals surface area contributed by atoms with E-state index in [1.165, 1.54) is 18.9 Å². The van der Waals surface area contributed by atoms with Gasteiger partial charge in [0.2, 0.25) is 0 Å². The van der Waals surface area contributed by atoms with Crippen LogP contribution in [0.25, 0.3) is 5.69 Å². The SMILES string of the molecule is COc1cc(NC(=O)c2nnn(-c3cccc(Cl)c3C)c2N)cc(OC)c1. The second kappa shape index (κ2) is 7.55. The lowest BCUT2D eigenvalue weighted by molar-refractivity contribution is 0.102. The summed E-state index contributed by atoms with van der Waals surface area (Å²) in [5, 5.41) is 11.2. The largest absolute Gasteiger partial charge is 0.497 e. The molecule has 0 aliphatic heterocycles. The fourth-order valence-corrected chi connectivity index (χ4v) is 2.69. The molecule has 0 fully saturated rings. The lowest BCUT2D eigenvalue weighted by atomic mass is 10.2. The van der Waals surface area contributed by atoms with Gasteiger partial charge in [0.15, 0.2) is 11.5 Å². The highest BCUT2D eigenvalue weighted by molar-refractivity contribution is 6.31. The summed E-state index contributed by atoms with van der Waals surface area (Å²) < 4.78 is 11.8. The molecule has 0 spiro atoms. The molecule has 3 aromatic rings. The first kappa shape index (κ1) is 18.5. The Hall–Kier alpha value is -3.26. The third-order valence-corrected chi connectivity index (χ3v) is 4.41. The molecule has 8 nitrogen and oxygen atoms in total. The topological polar surface area (TPSA) is 104 Å². The number of nitrogen functional groups attached to an aromatic ring is 1. The third-order valence-electron chi connectivity index (χ3n) is 4.00. The number of halogens is 1. The van der Waals surface area contributed by atoms with Crippen LogP contribution < -0.4 is 20.5 Å². The van der Waals surface area contributed by atoms with Crippen molar-refractivity contribution in [2.24, 2.45) is 0 Å². The molecule has 0 atom stereocenters. The number of rotatable bonds is 5. The van der Waals surface area contributed by atoms with E-state index in [2.05, 4.69) is 15.6 Å². The molecule has 27 heavy (non-hydrogen) atoms. The second-order valence-electron chi connectivity index (χ2n) is 5.67. The van der Waals surface area contributed by atoms with Crippen LogP contribution in [0.15, 0.2) is 36.4 Å². The Kier molecular flexibility index (Phi) is 5.18. The number of ether oxygens (including phenoxy) is 2. The molecule has 1 heterocycles. The summed E-state index contributed by atoms with van der Waals surface area (Å²) in [6.07, 6.45) is 0. The number of nitrogens with two attached hydrogens (primary N) is 1. The molecular formula is C18H18ClN5O3. The molecule has 140 valence electrons. The quantitative estimate of drug-likeness (QED) is 0.697. The van der Waals surface area contributed by atoms with E-state index < -0.39 is 5.91 Å². The molecule has 3 rings (SSSR count). The van der Waals surface area contributed by atoms with Gasteiger partial charge in [-0.15, -0.1) is 5.10 Å². The smallest absolute Gasteiger partial charge is 0.280 e. The molecule has 0 aliphatic rings. The van der Waals surface area contributed by atoms with Crippen molar-refractivity contribution in [3.63, 3.8) is 0 Å². The number of carbonyl (C=O) groups excluding carboxylic acids is 1. The van der Waals surface area contributed by atoms with Crippen LogP contribution in [0, 0.1) is 6.92 Å². The van der Waals surface area contributed by atoms with Gasteiger partial charge in [-0.1, -0.05) is 22.9 Å². The number of nitrogens with one attached hydrogen (secondary N) is 1. The van der Waals surface area contributed by atoms with E-state index in [0.717, 1.165) is 5.56 Å². The van der Waals surface area contributed by atoms with Gasteiger partial charge in [-0.05, 0) is 24.6 Å². The number of hydrogen-bond acceptors (Lipinski definition) is 6. The van der Waals surface area contributed by atoms with Crippen molar-refractivity contribution in [3.05, 3.63) is 52.7 Å². The maximum Gasteiger partial charge on any atom is 0.280 e. The Morgan fingerprint density at radius 1 is 1.19 bits per heavy atom. The summed E-state index contributed by atoms with van der Waals surface area (Å²) in [6.45, 7) is 1.83. The minimum Gasteiger partial charge on any atom is -0.497 e. The van der Waals surface area contributed by atoms with Crippen molar-refractivity contribution >= 4 is 29.0 Å². The zero-order valence-corrected chi connectivity index (χ0v) is 15.7. The first-order valence-corrected chi connectivity index (χ1v) is 8.33. The Morgan fingerprint density at radius 2 is 1.85 bits per heavy atom. The highest BCUT2D eigenvalue weighted by atomic mass is 35.5. The molecule has 0 bridgehead atoms. The van der Waals surface area contributed by atoms with E-state index in [1.54, 1.807) is 36.4 Å². The number of hydrogen-bond donors (Lipinski definition) is 2. The molecule has 2 aromatic carbocycles. The number of aromatic nitrogens is 3. The Morgan fingerprint density at radius 3 is 2.48 bits per heavy atom. The molecule has 3 N–H and O–H groups in total. The van der Waals surface area contributed by atoms with Gasteiger partial charge in [0, 0.05) is 28.9 Å². The van der Waals surface area contributed by atoms with E-state index in [0.29, 0.717) is 27.9 Å². The minimum atomic E-state index is -0.506. The van der Waals surface area contributed by atoms with Crippen molar-refractivity contribution < 1.29 is 14.3 Å². The van der Waals surface area contributed by atoms with Gasteiger partial charge in [0.1, 0.15) is 11.5 Å². The van der Waals surface area contributed by atoms with Crippen LogP contribution >= 0.6 is 11.6 Å². The van der Waals surface area contributed by atoms with Gasteiger partial charge in [0.05, 0.1) is 19.9 Å². The average Bonchev–Trinajstić information content (AvgIpc) is 3.05. The number of benzene rings is 2. The molecule has 1 amide bonds. The van der Waals surface area contributed by atoms with Crippen LogP contribution in [0.3, 0.4) is 0 Å². The second-order valence-corrected chi connectivity index (χ2v) is 6.08. The maximum absolute atomic E-state index is 12.6. The van der Waals surface area contributed by atoms with Gasteiger partial charge >= 0.3 is 0 Å². The van der Waals surface area contributed by atoms with Gasteiger partial charge in [0.25, 0.3) is 5.91 Å². The molecule has 0 aliphatic carbocycles. The summed E-state index contributed by atoms with van der Waals surface area (Å²) in [5.41, 5.74) is 8.00. The molecule has 1 aromatic heterocycles. The van der Waals surface area contributed by atoms with Gasteiger partial charge in [-0.25, -0.2) is 0 Å². The maximum atomic E-state index is 12.6. The fraction of sp³-hybridized carbons (Fsp3) is 0.167. The number of carbonyl (C=O) groups is 1. The van der Waals surface area contributed by atoms with Crippen molar-refractivity contribution in [2.75, 3.05) is 25.3 Å². The van der Waals surface area contributed by atoms with E-state index in [-0.39, 0.29) is 11.5 Å². The summed E-state index contributed by atoms with van der Waals surface area (Å²) >= 11 is 6.14. The first-order valence-electron chi connectivity index (χ1n) is 7.95. The molecule has 0 saturated heterocycles. The zero-order chi connectivity index (χ0) is 19.6. The van der Waals surface area contributed by atoms with Crippen molar-refractivity contribution in [1.29, 1.82) is 0 Å². The van der Waals surface area contributed by atoms with Crippen LogP contribution in [-0.2, 0) is 0 Å². The van der Waals surface area contributed by atoms with E-state index >= 15 is 0 Å². The predicted molar refractivity (Wildman–Crippen MR) is 103 cm³/mol. The van der Waals surface area contributed by atoms with Crippen LogP contribution in [-0.4, -0.2) is 35.1 Å². The highest BCUT2D eigenvalue weighted by Gasteiger charge is 2.20. The van der Waals surface area contributed by atoms with Crippen molar-refractivity contribution in [1.82, 2.24) is 15.0 Å². The number of anilines is 2. The molecule has 9 heteroatoms. The van der Waals surface area contributed by atoms with Crippen molar-refractivity contribution in [3.8, 4) is 17.2 Å². The van der Waals surface area contributed by atoms with Crippen LogP contribution in [0.5, 0.6) is 11.5 Å².